The van der Waals surface area contributed by atoms with Crippen molar-refractivity contribution in [2.24, 2.45) is 5.73 Å². The average Bonchev–Trinajstić information content (AvgIpc) is 2.14. The minimum atomic E-state index is -5.77. The van der Waals surface area contributed by atoms with Crippen LogP contribution in [0.15, 0.2) is 12.1 Å². The smallest absolute Gasteiger partial charge is 0.319 e. The molecule has 0 radical (unpaired) electrons. The van der Waals surface area contributed by atoms with Gasteiger partial charge >= 0.3 is 12.1 Å². The maximum atomic E-state index is 12.9. The largest absolute Gasteiger partial charge is 0.455 e. The van der Waals surface area contributed by atoms with Crippen LogP contribution in [0, 0.1) is 0 Å². The molecule has 0 aromatic carbocycles. The van der Waals surface area contributed by atoms with Crippen LogP contribution in [0.2, 0.25) is 10.3 Å². The normalized spacial score (nSPS) is 14.8. The summed E-state index contributed by atoms with van der Waals surface area (Å²) in [6.07, 6.45) is -5.77. The monoisotopic (exact) mass is 294 g/mol. The third-order valence-corrected chi connectivity index (χ3v) is 2.46. The second-order valence-corrected chi connectivity index (χ2v) is 3.86. The van der Waals surface area contributed by atoms with E-state index in [0.717, 1.165) is 12.1 Å². The summed E-state index contributed by atoms with van der Waals surface area (Å²) in [4.78, 5) is 3.34. The molecule has 1 heterocycles. The van der Waals surface area contributed by atoms with Gasteiger partial charge in [-0.1, -0.05) is 29.3 Å². The van der Waals surface area contributed by atoms with E-state index in [0.29, 0.717) is 0 Å². The lowest BCUT2D eigenvalue weighted by atomic mass is 10.0. The van der Waals surface area contributed by atoms with Gasteiger partial charge in [0.1, 0.15) is 16.3 Å². The fourth-order valence-electron chi connectivity index (χ4n) is 1.03. The summed E-state index contributed by atoms with van der Waals surface area (Å²) in [5.41, 5.74) is 4.25. The summed E-state index contributed by atoms with van der Waals surface area (Å²) in [7, 11) is 0. The lowest BCUT2D eigenvalue weighted by molar-refractivity contribution is -0.291. The molecule has 2 N–H and O–H groups in total. The van der Waals surface area contributed by atoms with Crippen LogP contribution in [0.1, 0.15) is 11.6 Å². The third-order valence-electron chi connectivity index (χ3n) is 1.95. The predicted octanol–water partition coefficient (Wildman–Crippen LogP) is 3.59. The molecule has 0 bridgehead atoms. The van der Waals surface area contributed by atoms with Crippen molar-refractivity contribution in [3.63, 3.8) is 0 Å². The van der Waals surface area contributed by atoms with Crippen LogP contribution in [-0.4, -0.2) is 17.1 Å². The highest BCUT2D eigenvalue weighted by molar-refractivity contribution is 6.32. The van der Waals surface area contributed by atoms with Crippen molar-refractivity contribution in [1.82, 2.24) is 4.98 Å². The van der Waals surface area contributed by atoms with Crippen molar-refractivity contribution in [3.8, 4) is 0 Å². The van der Waals surface area contributed by atoms with Gasteiger partial charge in [0.2, 0.25) is 0 Å². The molecule has 1 aromatic rings. The van der Waals surface area contributed by atoms with E-state index in [1.807, 2.05) is 0 Å². The molecule has 96 valence electrons. The van der Waals surface area contributed by atoms with Crippen molar-refractivity contribution in [3.05, 3.63) is 28.0 Å². The van der Waals surface area contributed by atoms with E-state index in [2.05, 4.69) is 4.98 Å². The van der Waals surface area contributed by atoms with Crippen molar-refractivity contribution in [1.29, 1.82) is 0 Å². The van der Waals surface area contributed by atoms with Gasteiger partial charge in [-0.25, -0.2) is 4.98 Å². The van der Waals surface area contributed by atoms with Crippen molar-refractivity contribution in [2.75, 3.05) is 0 Å². The molecule has 0 aliphatic rings. The number of hydrogen-bond donors (Lipinski definition) is 1. The zero-order chi connectivity index (χ0) is 13.4. The van der Waals surface area contributed by atoms with Gasteiger partial charge in [-0.05, 0) is 6.07 Å². The quantitative estimate of drug-likeness (QED) is 0.669. The lowest BCUT2D eigenvalue weighted by Crippen LogP contribution is -2.46. The first-order valence-corrected chi connectivity index (χ1v) is 4.85. The molecule has 1 rings (SSSR count). The highest BCUT2D eigenvalue weighted by Gasteiger charge is 2.62. The molecular formula is C8H5Cl2F5N2. The van der Waals surface area contributed by atoms with Crippen LogP contribution >= 0.6 is 23.2 Å². The van der Waals surface area contributed by atoms with Crippen LogP contribution in [-0.2, 0) is 0 Å². The van der Waals surface area contributed by atoms with Gasteiger partial charge in [0.25, 0.3) is 0 Å². The first-order valence-electron chi connectivity index (χ1n) is 4.09. The van der Waals surface area contributed by atoms with Gasteiger partial charge < -0.3 is 5.73 Å². The maximum Gasteiger partial charge on any atom is 0.455 e. The van der Waals surface area contributed by atoms with E-state index in [1.165, 1.54) is 0 Å². The van der Waals surface area contributed by atoms with Gasteiger partial charge in [0.05, 0.1) is 0 Å². The van der Waals surface area contributed by atoms with E-state index in [-0.39, 0.29) is 5.15 Å². The van der Waals surface area contributed by atoms with Gasteiger partial charge in [-0.2, -0.15) is 22.0 Å². The highest BCUT2D eigenvalue weighted by atomic mass is 35.5. The maximum absolute atomic E-state index is 12.9. The molecule has 0 saturated heterocycles. The number of rotatable bonds is 2. The second kappa shape index (κ2) is 4.55. The zero-order valence-corrected chi connectivity index (χ0v) is 9.41. The molecule has 0 amide bonds. The Hall–Kier alpha value is -0.660. The lowest BCUT2D eigenvalue weighted by Gasteiger charge is -2.26. The Labute approximate surface area is 103 Å². The summed E-state index contributed by atoms with van der Waals surface area (Å²) < 4.78 is 62.0. The minimum Gasteiger partial charge on any atom is -0.319 e. The van der Waals surface area contributed by atoms with E-state index < -0.39 is 28.9 Å². The fourth-order valence-corrected chi connectivity index (χ4v) is 1.49. The fraction of sp³-hybridized carbons (Fsp3) is 0.375. The molecule has 0 saturated carbocycles. The van der Waals surface area contributed by atoms with Crippen molar-refractivity contribution >= 4 is 23.2 Å². The molecule has 0 spiro atoms. The third kappa shape index (κ3) is 2.78. The van der Waals surface area contributed by atoms with Crippen LogP contribution in [0.25, 0.3) is 0 Å². The Bertz CT molecular complexity index is 421. The number of aromatic nitrogens is 1. The number of nitrogens with two attached hydrogens (primary N) is 1. The SMILES string of the molecule is N[C@H](c1ccc(Cl)nc1Cl)C(F)(F)C(F)(F)F. The van der Waals surface area contributed by atoms with E-state index >= 15 is 0 Å². The van der Waals surface area contributed by atoms with Crippen LogP contribution < -0.4 is 5.73 Å². The number of nitrogens with zero attached hydrogens (tertiary/aromatic N) is 1. The molecule has 9 heteroatoms. The molecule has 2 nitrogen and oxygen atoms in total. The summed E-state index contributed by atoms with van der Waals surface area (Å²) in [5.74, 6) is -5.11. The van der Waals surface area contributed by atoms with Gasteiger partial charge in [0.15, 0.2) is 0 Å². The number of halogens is 7. The number of pyridine rings is 1. The Balaban J connectivity index is 3.17. The number of hydrogen-bond acceptors (Lipinski definition) is 2. The molecule has 0 fully saturated rings. The zero-order valence-electron chi connectivity index (χ0n) is 7.90. The van der Waals surface area contributed by atoms with Crippen LogP contribution in [0.5, 0.6) is 0 Å². The average molecular weight is 295 g/mol. The summed E-state index contributed by atoms with van der Waals surface area (Å²) >= 11 is 10.8. The summed E-state index contributed by atoms with van der Waals surface area (Å²) in [6, 6.07) is -0.739. The van der Waals surface area contributed by atoms with Crippen molar-refractivity contribution in [2.45, 2.75) is 18.1 Å². The molecule has 0 aliphatic heterocycles. The van der Waals surface area contributed by atoms with E-state index in [1.54, 1.807) is 0 Å². The molecule has 17 heavy (non-hydrogen) atoms. The Kier molecular flexibility index (Phi) is 3.85. The molecule has 1 aromatic heterocycles. The Morgan fingerprint density at radius 2 is 1.65 bits per heavy atom. The first kappa shape index (κ1) is 14.4. The predicted molar refractivity (Wildman–Crippen MR) is 52.2 cm³/mol. The molecule has 0 aliphatic carbocycles. The van der Waals surface area contributed by atoms with Gasteiger partial charge in [-0.15, -0.1) is 0 Å². The Morgan fingerprint density at radius 3 is 2.06 bits per heavy atom. The van der Waals surface area contributed by atoms with E-state index in [9.17, 15) is 22.0 Å². The minimum absolute atomic E-state index is 0.138. The number of alkyl halides is 5. The standard InChI is InChI=1S/C8H5Cl2F5N2/c9-4-2-1-3(6(10)17-4)5(16)7(11,12)8(13,14)15/h1-2,5H,16H2/t5-/m1/s1. The molecule has 0 unspecified atom stereocenters. The molecule has 1 atom stereocenters. The first-order chi connectivity index (χ1) is 7.57. The van der Waals surface area contributed by atoms with E-state index in [4.69, 9.17) is 28.9 Å². The van der Waals surface area contributed by atoms with Crippen LogP contribution in [0.4, 0.5) is 22.0 Å². The van der Waals surface area contributed by atoms with Crippen LogP contribution in [0.3, 0.4) is 0 Å². The summed E-state index contributed by atoms with van der Waals surface area (Å²) in [6.45, 7) is 0. The Morgan fingerprint density at radius 1 is 1.12 bits per heavy atom. The van der Waals surface area contributed by atoms with Gasteiger partial charge in [0, 0.05) is 5.56 Å². The molecular weight excluding hydrogens is 290 g/mol. The van der Waals surface area contributed by atoms with Crippen molar-refractivity contribution < 1.29 is 22.0 Å². The second-order valence-electron chi connectivity index (χ2n) is 3.11. The highest BCUT2D eigenvalue weighted by Crippen LogP contribution is 2.44. The topological polar surface area (TPSA) is 38.9 Å². The summed E-state index contributed by atoms with van der Waals surface area (Å²) in [5, 5.41) is -0.727. The van der Waals surface area contributed by atoms with Gasteiger partial charge in [-0.3, -0.25) is 0 Å².